The Morgan fingerprint density at radius 2 is 1.88 bits per heavy atom. The minimum absolute atomic E-state index is 0.0261. The van der Waals surface area contributed by atoms with Crippen molar-refractivity contribution in [2.75, 3.05) is 20.1 Å². The Kier molecular flexibility index (Phi) is 8.86. The van der Waals surface area contributed by atoms with E-state index in [4.69, 9.17) is 5.11 Å². The molecule has 1 unspecified atom stereocenters. The van der Waals surface area contributed by atoms with Crippen molar-refractivity contribution in [2.45, 2.75) is 39.3 Å². The van der Waals surface area contributed by atoms with Gasteiger partial charge >= 0.3 is 12.0 Å². The number of rotatable bonds is 10. The molecule has 1 rings (SSSR count). The van der Waals surface area contributed by atoms with Gasteiger partial charge in [-0.3, -0.25) is 4.79 Å². The summed E-state index contributed by atoms with van der Waals surface area (Å²) >= 11 is 0. The van der Waals surface area contributed by atoms with E-state index in [0.29, 0.717) is 18.9 Å². The molecule has 134 valence electrons. The molecule has 0 saturated carbocycles. The highest BCUT2D eigenvalue weighted by atomic mass is 16.4. The molecule has 6 nitrogen and oxygen atoms in total. The number of likely N-dealkylation sites (N-methyl/N-ethyl adjacent to an activating group) is 1. The van der Waals surface area contributed by atoms with Crippen molar-refractivity contribution in [3.8, 4) is 0 Å². The molecule has 1 atom stereocenters. The van der Waals surface area contributed by atoms with Crippen LogP contribution in [-0.4, -0.2) is 48.2 Å². The van der Waals surface area contributed by atoms with E-state index in [2.05, 4.69) is 41.5 Å². The van der Waals surface area contributed by atoms with Crippen LogP contribution < -0.4 is 10.6 Å². The lowest BCUT2D eigenvalue weighted by atomic mass is 10.0. The van der Waals surface area contributed by atoms with Gasteiger partial charge in [0, 0.05) is 32.1 Å². The number of nitrogens with zero attached hydrogens (tertiary/aromatic N) is 1. The Hall–Kier alpha value is -2.08. The average molecular weight is 335 g/mol. The summed E-state index contributed by atoms with van der Waals surface area (Å²) in [6.45, 7) is 6.08. The fraction of sp³-hybridized carbons (Fsp3) is 0.556. The quantitative estimate of drug-likeness (QED) is 0.573. The van der Waals surface area contributed by atoms with E-state index < -0.39 is 5.97 Å². The highest BCUT2D eigenvalue weighted by Gasteiger charge is 2.18. The number of carbonyl (C=O) groups is 2. The predicted molar refractivity (Wildman–Crippen MR) is 94.8 cm³/mol. The maximum absolute atomic E-state index is 12.0. The van der Waals surface area contributed by atoms with E-state index >= 15 is 0 Å². The first kappa shape index (κ1) is 20.0. The van der Waals surface area contributed by atoms with Crippen LogP contribution in [-0.2, 0) is 11.3 Å². The molecule has 0 radical (unpaired) electrons. The lowest BCUT2D eigenvalue weighted by Crippen LogP contribution is -2.49. The zero-order chi connectivity index (χ0) is 17.9. The molecule has 3 N–H and O–H groups in total. The van der Waals surface area contributed by atoms with Crippen molar-refractivity contribution in [1.29, 1.82) is 0 Å². The molecule has 0 heterocycles. The molecular formula is C18H29N3O3. The highest BCUT2D eigenvalue weighted by molar-refractivity contribution is 5.74. The van der Waals surface area contributed by atoms with Crippen molar-refractivity contribution in [3.63, 3.8) is 0 Å². The number of benzene rings is 1. The Morgan fingerprint density at radius 1 is 1.21 bits per heavy atom. The van der Waals surface area contributed by atoms with Gasteiger partial charge in [0.05, 0.1) is 0 Å². The monoisotopic (exact) mass is 335 g/mol. The third-order valence-corrected chi connectivity index (χ3v) is 3.78. The molecule has 0 spiro atoms. The minimum Gasteiger partial charge on any atom is -0.481 e. The van der Waals surface area contributed by atoms with E-state index in [-0.39, 0.29) is 18.5 Å². The molecular weight excluding hydrogens is 306 g/mol. The molecule has 6 heteroatoms. The van der Waals surface area contributed by atoms with Crippen LogP contribution in [0.4, 0.5) is 4.79 Å². The fourth-order valence-corrected chi connectivity index (χ4v) is 2.38. The number of carbonyl (C=O) groups excluding carboxylic acids is 1. The number of hydrogen-bond acceptors (Lipinski definition) is 3. The van der Waals surface area contributed by atoms with Crippen LogP contribution in [0.15, 0.2) is 30.3 Å². The minimum atomic E-state index is -0.847. The highest BCUT2D eigenvalue weighted by Crippen LogP contribution is 2.07. The normalized spacial score (nSPS) is 12.2. The van der Waals surface area contributed by atoms with Crippen molar-refractivity contribution in [2.24, 2.45) is 5.92 Å². The second kappa shape index (κ2) is 10.6. The molecule has 0 aromatic heterocycles. The van der Waals surface area contributed by atoms with Crippen molar-refractivity contribution in [3.05, 3.63) is 35.9 Å². The zero-order valence-corrected chi connectivity index (χ0v) is 14.8. The van der Waals surface area contributed by atoms with E-state index in [9.17, 15) is 9.59 Å². The van der Waals surface area contributed by atoms with Crippen LogP contribution in [0.1, 0.15) is 32.3 Å². The molecule has 24 heavy (non-hydrogen) atoms. The topological polar surface area (TPSA) is 81.7 Å². The number of urea groups is 1. The first-order valence-corrected chi connectivity index (χ1v) is 8.37. The molecule has 1 aromatic carbocycles. The summed E-state index contributed by atoms with van der Waals surface area (Å²) in [5, 5.41) is 14.3. The third kappa shape index (κ3) is 8.53. The lowest BCUT2D eigenvalue weighted by molar-refractivity contribution is -0.137. The van der Waals surface area contributed by atoms with Gasteiger partial charge in [0.2, 0.25) is 0 Å². The van der Waals surface area contributed by atoms with Crippen LogP contribution in [0.3, 0.4) is 0 Å². The predicted octanol–water partition coefficient (Wildman–Crippen LogP) is 2.31. The van der Waals surface area contributed by atoms with Crippen LogP contribution in [0.25, 0.3) is 0 Å². The van der Waals surface area contributed by atoms with Crippen LogP contribution >= 0.6 is 0 Å². The van der Waals surface area contributed by atoms with E-state index in [1.807, 2.05) is 25.2 Å². The molecule has 0 saturated heterocycles. The Labute approximate surface area is 144 Å². The smallest absolute Gasteiger partial charge is 0.315 e. The van der Waals surface area contributed by atoms with Crippen LogP contribution in [0.2, 0.25) is 0 Å². The van der Waals surface area contributed by atoms with E-state index in [1.165, 1.54) is 5.56 Å². The van der Waals surface area contributed by atoms with E-state index in [1.54, 1.807) is 0 Å². The first-order chi connectivity index (χ1) is 11.4. The standard InChI is InChI=1S/C18H29N3O3/c1-14(2)16(20-18(24)19-11-7-10-17(22)23)13-21(3)12-15-8-5-4-6-9-15/h4-6,8-9,14,16H,7,10-13H2,1-3H3,(H,22,23)(H2,19,20,24). The van der Waals surface area contributed by atoms with Crippen molar-refractivity contribution < 1.29 is 14.7 Å². The fourth-order valence-electron chi connectivity index (χ4n) is 2.38. The summed E-state index contributed by atoms with van der Waals surface area (Å²) in [5.41, 5.74) is 1.24. The van der Waals surface area contributed by atoms with Gasteiger partial charge in [-0.25, -0.2) is 4.79 Å². The van der Waals surface area contributed by atoms with Crippen molar-refractivity contribution >= 4 is 12.0 Å². The summed E-state index contributed by atoms with van der Waals surface area (Å²) in [6, 6.07) is 9.99. The van der Waals surface area contributed by atoms with Gasteiger partial charge in [-0.15, -0.1) is 0 Å². The maximum Gasteiger partial charge on any atom is 0.315 e. The van der Waals surface area contributed by atoms with Crippen molar-refractivity contribution in [1.82, 2.24) is 15.5 Å². The summed E-state index contributed by atoms with van der Waals surface area (Å²) < 4.78 is 0. The summed E-state index contributed by atoms with van der Waals surface area (Å²) in [4.78, 5) is 24.6. The molecule has 2 amide bonds. The van der Waals surface area contributed by atoms with Gasteiger partial charge in [0.1, 0.15) is 0 Å². The number of hydrogen-bond donors (Lipinski definition) is 3. The average Bonchev–Trinajstić information content (AvgIpc) is 2.51. The molecule has 0 aliphatic carbocycles. The molecule has 0 bridgehead atoms. The Bertz CT molecular complexity index is 505. The number of nitrogens with one attached hydrogen (secondary N) is 2. The molecule has 0 aliphatic heterocycles. The lowest BCUT2D eigenvalue weighted by Gasteiger charge is -2.28. The number of amides is 2. The van der Waals surface area contributed by atoms with Gasteiger partial charge in [0.15, 0.2) is 0 Å². The number of aliphatic carboxylic acids is 1. The van der Waals surface area contributed by atoms with Gasteiger partial charge in [-0.2, -0.15) is 0 Å². The molecule has 0 fully saturated rings. The van der Waals surface area contributed by atoms with Crippen LogP contribution in [0, 0.1) is 5.92 Å². The van der Waals surface area contributed by atoms with Gasteiger partial charge in [0.25, 0.3) is 0 Å². The molecule has 0 aliphatic rings. The van der Waals surface area contributed by atoms with E-state index in [0.717, 1.165) is 13.1 Å². The maximum atomic E-state index is 12.0. The number of carboxylic acids is 1. The Balaban J connectivity index is 2.39. The van der Waals surface area contributed by atoms with Gasteiger partial charge in [-0.1, -0.05) is 44.2 Å². The molecule has 1 aromatic rings. The second-order valence-corrected chi connectivity index (χ2v) is 6.43. The zero-order valence-electron chi connectivity index (χ0n) is 14.8. The second-order valence-electron chi connectivity index (χ2n) is 6.43. The summed E-state index contributed by atoms with van der Waals surface area (Å²) in [7, 11) is 2.04. The largest absolute Gasteiger partial charge is 0.481 e. The SMILES string of the molecule is CC(C)C(CN(C)Cc1ccccc1)NC(=O)NCCCC(=O)O. The van der Waals surface area contributed by atoms with Gasteiger partial charge < -0.3 is 20.6 Å². The summed E-state index contributed by atoms with van der Waals surface area (Å²) in [5.74, 6) is -0.548. The Morgan fingerprint density at radius 3 is 2.46 bits per heavy atom. The number of carboxylic acid groups (broad SMARTS) is 1. The third-order valence-electron chi connectivity index (χ3n) is 3.78. The van der Waals surface area contributed by atoms with Gasteiger partial charge in [-0.05, 0) is 24.9 Å². The van der Waals surface area contributed by atoms with Crippen LogP contribution in [0.5, 0.6) is 0 Å². The first-order valence-electron chi connectivity index (χ1n) is 8.37. The summed E-state index contributed by atoms with van der Waals surface area (Å²) in [6.07, 6.45) is 0.497.